The zero-order valence-corrected chi connectivity index (χ0v) is 13.5. The van der Waals surface area contributed by atoms with Crippen LogP contribution in [0.1, 0.15) is 21.7 Å². The third-order valence-electron chi connectivity index (χ3n) is 3.62. The van der Waals surface area contributed by atoms with Crippen LogP contribution in [-0.2, 0) is 13.1 Å². The molecule has 0 fully saturated rings. The predicted octanol–water partition coefficient (Wildman–Crippen LogP) is 2.70. The van der Waals surface area contributed by atoms with Crippen LogP contribution in [0.3, 0.4) is 0 Å². The maximum absolute atomic E-state index is 12.3. The van der Waals surface area contributed by atoms with Crippen LogP contribution in [0.15, 0.2) is 59.3 Å². The van der Waals surface area contributed by atoms with Gasteiger partial charge in [-0.05, 0) is 11.6 Å². The van der Waals surface area contributed by atoms with Crippen molar-refractivity contribution in [2.75, 3.05) is 7.05 Å². The molecule has 0 atom stereocenters. The molecule has 8 nitrogen and oxygen atoms in total. The van der Waals surface area contributed by atoms with Crippen LogP contribution in [0.25, 0.3) is 0 Å². The van der Waals surface area contributed by atoms with Gasteiger partial charge in [-0.25, -0.2) is 0 Å². The van der Waals surface area contributed by atoms with Crippen LogP contribution in [0.2, 0.25) is 0 Å². The topological polar surface area (TPSA) is 94.4 Å². The molecule has 0 aliphatic heterocycles. The Morgan fingerprint density at radius 2 is 2.00 bits per heavy atom. The van der Waals surface area contributed by atoms with E-state index in [4.69, 9.17) is 4.42 Å². The number of nitro groups is 1. The largest absolute Gasteiger partial charge is 0.433 e. The van der Waals surface area contributed by atoms with Crippen molar-refractivity contribution in [3.05, 3.63) is 81.9 Å². The summed E-state index contributed by atoms with van der Waals surface area (Å²) in [4.78, 5) is 23.6. The van der Waals surface area contributed by atoms with Gasteiger partial charge in [-0.2, -0.15) is 5.10 Å². The molecular formula is C17H16N4O4. The van der Waals surface area contributed by atoms with Gasteiger partial charge in [0.2, 0.25) is 0 Å². The Morgan fingerprint density at radius 3 is 2.68 bits per heavy atom. The van der Waals surface area contributed by atoms with Crippen molar-refractivity contribution in [3.63, 3.8) is 0 Å². The highest BCUT2D eigenvalue weighted by atomic mass is 16.6. The summed E-state index contributed by atoms with van der Waals surface area (Å²) in [6, 6.07) is 12.4. The molecule has 0 saturated heterocycles. The summed E-state index contributed by atoms with van der Waals surface area (Å²) in [5.74, 6) is -0.942. The summed E-state index contributed by atoms with van der Waals surface area (Å²) in [7, 11) is 1.60. The molecule has 128 valence electrons. The van der Waals surface area contributed by atoms with Crippen LogP contribution in [0, 0.1) is 10.1 Å². The summed E-state index contributed by atoms with van der Waals surface area (Å²) >= 11 is 0. The minimum atomic E-state index is -0.676. The fraction of sp³-hybridized carbons (Fsp3) is 0.176. The molecule has 0 spiro atoms. The number of nitrogens with zero attached hydrogens (tertiary/aromatic N) is 4. The summed E-state index contributed by atoms with van der Waals surface area (Å²) < 4.78 is 6.73. The maximum atomic E-state index is 12.3. The van der Waals surface area contributed by atoms with Crippen molar-refractivity contribution in [2.45, 2.75) is 13.1 Å². The van der Waals surface area contributed by atoms with E-state index in [1.807, 2.05) is 36.5 Å². The van der Waals surface area contributed by atoms with E-state index in [-0.39, 0.29) is 5.76 Å². The Morgan fingerprint density at radius 1 is 1.24 bits per heavy atom. The number of carbonyl (C=O) groups is 1. The van der Waals surface area contributed by atoms with Gasteiger partial charge in [0.1, 0.15) is 4.92 Å². The van der Waals surface area contributed by atoms with Crippen molar-refractivity contribution in [1.29, 1.82) is 0 Å². The predicted molar refractivity (Wildman–Crippen MR) is 88.9 cm³/mol. The monoisotopic (exact) mass is 340 g/mol. The van der Waals surface area contributed by atoms with Gasteiger partial charge in [-0.3, -0.25) is 19.6 Å². The Balaban J connectivity index is 1.63. The molecule has 1 aromatic carbocycles. The first-order chi connectivity index (χ1) is 12.0. The van der Waals surface area contributed by atoms with E-state index < -0.39 is 16.7 Å². The average Bonchev–Trinajstić information content (AvgIpc) is 3.25. The summed E-state index contributed by atoms with van der Waals surface area (Å²) in [5.41, 5.74) is 1.98. The SMILES string of the molecule is CN(Cc1cnn(Cc2ccccc2)c1)C(=O)c1ccc([N+](=O)[O-])o1. The lowest BCUT2D eigenvalue weighted by Crippen LogP contribution is -2.25. The van der Waals surface area contributed by atoms with Crippen molar-refractivity contribution < 1.29 is 14.1 Å². The number of rotatable bonds is 6. The van der Waals surface area contributed by atoms with E-state index in [9.17, 15) is 14.9 Å². The van der Waals surface area contributed by atoms with Crippen LogP contribution in [-0.4, -0.2) is 32.6 Å². The number of amides is 1. The Hall–Kier alpha value is -3.42. The smallest absolute Gasteiger partial charge is 0.395 e. The van der Waals surface area contributed by atoms with E-state index in [0.717, 1.165) is 11.1 Å². The van der Waals surface area contributed by atoms with Gasteiger partial charge in [-0.15, -0.1) is 0 Å². The quantitative estimate of drug-likeness (QED) is 0.508. The molecule has 2 heterocycles. The van der Waals surface area contributed by atoms with Gasteiger partial charge in [0, 0.05) is 25.4 Å². The number of carbonyl (C=O) groups excluding carboxylic acids is 1. The van der Waals surface area contributed by atoms with Gasteiger partial charge < -0.3 is 9.32 Å². The Bertz CT molecular complexity index is 885. The molecular weight excluding hydrogens is 324 g/mol. The molecule has 25 heavy (non-hydrogen) atoms. The van der Waals surface area contributed by atoms with Gasteiger partial charge in [-0.1, -0.05) is 30.3 Å². The lowest BCUT2D eigenvalue weighted by Gasteiger charge is -2.14. The van der Waals surface area contributed by atoms with E-state index >= 15 is 0 Å². The second kappa shape index (κ2) is 7.00. The van der Waals surface area contributed by atoms with E-state index in [1.54, 1.807) is 17.9 Å². The molecule has 0 aliphatic carbocycles. The molecule has 8 heteroatoms. The summed E-state index contributed by atoms with van der Waals surface area (Å²) in [6.45, 7) is 0.963. The first kappa shape index (κ1) is 16.4. The molecule has 2 aromatic heterocycles. The molecule has 0 bridgehead atoms. The molecule has 0 saturated carbocycles. The normalized spacial score (nSPS) is 10.6. The zero-order valence-electron chi connectivity index (χ0n) is 13.5. The van der Waals surface area contributed by atoms with E-state index in [2.05, 4.69) is 5.10 Å². The molecule has 0 N–H and O–H groups in total. The average molecular weight is 340 g/mol. The highest BCUT2D eigenvalue weighted by Crippen LogP contribution is 2.17. The highest BCUT2D eigenvalue weighted by Gasteiger charge is 2.20. The standard InChI is InChI=1S/C17H16N4O4/c1-19(17(22)15-7-8-16(25-15)21(23)24)10-14-9-18-20(12-14)11-13-5-3-2-4-6-13/h2-9,12H,10-11H2,1H3. The van der Waals surface area contributed by atoms with E-state index in [0.29, 0.717) is 13.1 Å². The Labute approximate surface area is 143 Å². The third kappa shape index (κ3) is 3.92. The lowest BCUT2D eigenvalue weighted by atomic mass is 10.2. The number of hydrogen-bond acceptors (Lipinski definition) is 5. The molecule has 0 aliphatic rings. The third-order valence-corrected chi connectivity index (χ3v) is 3.62. The van der Waals surface area contributed by atoms with Crippen molar-refractivity contribution in [1.82, 2.24) is 14.7 Å². The molecule has 0 radical (unpaired) electrons. The second-order valence-electron chi connectivity index (χ2n) is 5.59. The highest BCUT2D eigenvalue weighted by molar-refractivity contribution is 5.91. The second-order valence-corrected chi connectivity index (χ2v) is 5.59. The molecule has 3 aromatic rings. The van der Waals surface area contributed by atoms with Crippen LogP contribution in [0.5, 0.6) is 0 Å². The molecule has 1 amide bonds. The number of furan rings is 1. The fourth-order valence-electron chi connectivity index (χ4n) is 2.42. The number of aromatic nitrogens is 2. The van der Waals surface area contributed by atoms with Gasteiger partial charge in [0.15, 0.2) is 5.76 Å². The van der Waals surface area contributed by atoms with Crippen LogP contribution >= 0.6 is 0 Å². The van der Waals surface area contributed by atoms with Crippen LogP contribution in [0.4, 0.5) is 5.88 Å². The van der Waals surface area contributed by atoms with Gasteiger partial charge in [0.25, 0.3) is 5.91 Å². The zero-order chi connectivity index (χ0) is 17.8. The van der Waals surface area contributed by atoms with Crippen LogP contribution < -0.4 is 0 Å². The number of hydrogen-bond donors (Lipinski definition) is 0. The summed E-state index contributed by atoms with van der Waals surface area (Å²) in [5, 5.41) is 14.9. The van der Waals surface area contributed by atoms with Gasteiger partial charge in [0.05, 0.1) is 18.8 Å². The van der Waals surface area contributed by atoms with Crippen molar-refractivity contribution in [3.8, 4) is 0 Å². The number of benzene rings is 1. The Kier molecular flexibility index (Phi) is 4.60. The minimum Gasteiger partial charge on any atom is -0.395 e. The van der Waals surface area contributed by atoms with Crippen molar-refractivity contribution >= 4 is 11.8 Å². The fourth-order valence-corrected chi connectivity index (χ4v) is 2.42. The lowest BCUT2D eigenvalue weighted by molar-refractivity contribution is -0.402. The minimum absolute atomic E-state index is 0.0640. The summed E-state index contributed by atoms with van der Waals surface area (Å²) in [6.07, 6.45) is 3.55. The van der Waals surface area contributed by atoms with Crippen molar-refractivity contribution in [2.24, 2.45) is 0 Å². The molecule has 0 unspecified atom stereocenters. The maximum Gasteiger partial charge on any atom is 0.433 e. The first-order valence-electron chi connectivity index (χ1n) is 7.58. The van der Waals surface area contributed by atoms with Gasteiger partial charge >= 0.3 is 5.88 Å². The molecule has 3 rings (SSSR count). The first-order valence-corrected chi connectivity index (χ1v) is 7.58. The van der Waals surface area contributed by atoms with E-state index in [1.165, 1.54) is 17.0 Å².